The highest BCUT2D eigenvalue weighted by Crippen LogP contribution is 2.49. The van der Waals surface area contributed by atoms with E-state index in [-0.39, 0.29) is 41.2 Å². The van der Waals surface area contributed by atoms with Crippen LogP contribution in [0.15, 0.2) is 48.5 Å². The molecule has 2 heterocycles. The number of nitrogens with zero attached hydrogens (tertiary/aromatic N) is 1. The molecule has 2 N–H and O–H groups in total. The zero-order chi connectivity index (χ0) is 31.0. The second-order valence-corrected chi connectivity index (χ2v) is 14.4. The molecule has 0 aromatic heterocycles. The summed E-state index contributed by atoms with van der Waals surface area (Å²) in [7, 11) is 1.67. The lowest BCUT2D eigenvalue weighted by Gasteiger charge is -2.36. The number of hydrogen-bond acceptors (Lipinski definition) is 5. The first-order valence-electron chi connectivity index (χ1n) is 15.3. The summed E-state index contributed by atoms with van der Waals surface area (Å²) in [5, 5.41) is 14.6. The van der Waals surface area contributed by atoms with E-state index in [2.05, 4.69) is 72.8 Å². The van der Waals surface area contributed by atoms with Gasteiger partial charge >= 0.3 is 5.97 Å². The van der Waals surface area contributed by atoms with E-state index in [9.17, 15) is 14.7 Å². The lowest BCUT2D eigenvalue weighted by atomic mass is 9.72. The second-order valence-electron chi connectivity index (χ2n) is 14.4. The first kappa shape index (κ1) is 32.0. The lowest BCUT2D eigenvalue weighted by Crippen LogP contribution is -2.50. The molecule has 2 aliphatic rings. The first-order chi connectivity index (χ1) is 19.7. The molecule has 0 aliphatic carbocycles. The van der Waals surface area contributed by atoms with E-state index < -0.39 is 23.5 Å². The van der Waals surface area contributed by atoms with Crippen LogP contribution in [0.25, 0.3) is 0 Å². The molecule has 2 saturated heterocycles. The SMILES string of the molecule is COc1ccc(C(C)(C)C)cc1CN[C@H]1[C@H](C(C)(C)C)[C@@H](C(=O)O)N(C(=O)C2CCOC2C(C)C)[C@H]1c1ccccc1. The molecule has 0 bridgehead atoms. The number of hydrogen-bond donors (Lipinski definition) is 2. The lowest BCUT2D eigenvalue weighted by molar-refractivity contribution is -0.155. The third-order valence-corrected chi connectivity index (χ3v) is 9.10. The molecule has 2 aromatic carbocycles. The number of rotatable bonds is 8. The van der Waals surface area contributed by atoms with E-state index in [1.54, 1.807) is 12.0 Å². The van der Waals surface area contributed by atoms with Crippen LogP contribution < -0.4 is 10.1 Å². The average molecular weight is 579 g/mol. The summed E-state index contributed by atoms with van der Waals surface area (Å²) in [5.41, 5.74) is 2.67. The molecule has 2 aliphatic heterocycles. The van der Waals surface area contributed by atoms with E-state index in [0.29, 0.717) is 19.6 Å². The standard InChI is InChI=1S/C35H50N2O5/c1-21(2)31-25(17-18-42-31)32(38)37-29(22-13-11-10-12-14-22)28(27(35(6,7)8)30(37)33(39)40)36-20-23-19-24(34(3,4)5)15-16-26(23)41-9/h10-16,19,21,25,27-31,36H,17-18,20H2,1-9H3,(H,39,40)/t25?,27-,28-,29-,30-,31?/m0/s1. The number of ether oxygens (including phenoxy) is 2. The van der Waals surface area contributed by atoms with Crippen molar-refractivity contribution < 1.29 is 24.2 Å². The Morgan fingerprint density at radius 3 is 2.29 bits per heavy atom. The molecule has 2 fully saturated rings. The van der Waals surface area contributed by atoms with Gasteiger partial charge in [-0.1, -0.05) is 97.9 Å². The number of carboxylic acid groups (broad SMARTS) is 1. The Kier molecular flexibility index (Phi) is 9.43. The maximum Gasteiger partial charge on any atom is 0.326 e. The van der Waals surface area contributed by atoms with E-state index in [0.717, 1.165) is 16.9 Å². The van der Waals surface area contributed by atoms with Crippen molar-refractivity contribution in [3.63, 3.8) is 0 Å². The van der Waals surface area contributed by atoms with Gasteiger partial charge in [0.1, 0.15) is 11.8 Å². The smallest absolute Gasteiger partial charge is 0.326 e. The summed E-state index contributed by atoms with van der Waals surface area (Å²) in [4.78, 5) is 29.4. The second kappa shape index (κ2) is 12.4. The minimum Gasteiger partial charge on any atom is -0.496 e. The number of carboxylic acids is 1. The number of likely N-dealkylation sites (tertiary alicyclic amines) is 1. The number of aliphatic carboxylic acids is 1. The third kappa shape index (κ3) is 6.37. The number of nitrogens with one attached hydrogen (secondary N) is 1. The number of benzene rings is 2. The predicted molar refractivity (Wildman–Crippen MR) is 165 cm³/mol. The fourth-order valence-electron chi connectivity index (χ4n) is 7.06. The van der Waals surface area contributed by atoms with Crippen LogP contribution in [-0.2, 0) is 26.3 Å². The van der Waals surface area contributed by atoms with Crippen molar-refractivity contribution in [1.29, 1.82) is 0 Å². The molecular weight excluding hydrogens is 528 g/mol. The fraction of sp³-hybridized carbons (Fsp3) is 0.600. The van der Waals surface area contributed by atoms with Gasteiger partial charge in [0.25, 0.3) is 0 Å². The summed E-state index contributed by atoms with van der Waals surface area (Å²) in [5.74, 6) is -0.902. The molecule has 0 radical (unpaired) electrons. The molecule has 7 heteroatoms. The molecular formula is C35H50N2O5. The Balaban J connectivity index is 1.83. The topological polar surface area (TPSA) is 88.1 Å². The van der Waals surface area contributed by atoms with Gasteiger partial charge in [-0.3, -0.25) is 4.79 Å². The Hall–Kier alpha value is -2.90. The highest BCUT2D eigenvalue weighted by molar-refractivity contribution is 5.87. The van der Waals surface area contributed by atoms with Crippen molar-refractivity contribution in [1.82, 2.24) is 10.2 Å². The van der Waals surface area contributed by atoms with Gasteiger partial charge in [0, 0.05) is 30.7 Å². The maximum absolute atomic E-state index is 14.5. The van der Waals surface area contributed by atoms with Crippen molar-refractivity contribution in [3.05, 3.63) is 65.2 Å². The zero-order valence-electron chi connectivity index (χ0n) is 26.8. The highest BCUT2D eigenvalue weighted by atomic mass is 16.5. The van der Waals surface area contributed by atoms with Gasteiger partial charge in [0.05, 0.1) is 25.2 Å². The Bertz CT molecular complexity index is 1250. The summed E-state index contributed by atoms with van der Waals surface area (Å²) in [6.45, 7) is 17.9. The molecule has 230 valence electrons. The Labute approximate surface area is 252 Å². The molecule has 7 nitrogen and oxygen atoms in total. The van der Waals surface area contributed by atoms with Crippen LogP contribution in [0, 0.1) is 23.2 Å². The van der Waals surface area contributed by atoms with Gasteiger partial charge in [-0.2, -0.15) is 0 Å². The van der Waals surface area contributed by atoms with E-state index >= 15 is 0 Å². The van der Waals surface area contributed by atoms with Crippen LogP contribution in [0.2, 0.25) is 0 Å². The monoisotopic (exact) mass is 578 g/mol. The van der Waals surface area contributed by atoms with Crippen LogP contribution in [0.4, 0.5) is 0 Å². The molecule has 2 aromatic rings. The van der Waals surface area contributed by atoms with Gasteiger partial charge in [-0.05, 0) is 40.4 Å². The molecule has 6 atom stereocenters. The van der Waals surface area contributed by atoms with E-state index in [1.807, 2.05) is 36.4 Å². The number of methoxy groups -OCH3 is 1. The van der Waals surface area contributed by atoms with Gasteiger partial charge < -0.3 is 24.8 Å². The molecule has 42 heavy (non-hydrogen) atoms. The van der Waals surface area contributed by atoms with Crippen molar-refractivity contribution in [2.45, 2.75) is 98.0 Å². The molecule has 1 amide bonds. The van der Waals surface area contributed by atoms with Gasteiger partial charge in [-0.25, -0.2) is 4.79 Å². The van der Waals surface area contributed by atoms with E-state index in [1.165, 1.54) is 5.56 Å². The summed E-state index contributed by atoms with van der Waals surface area (Å²) in [6.07, 6.45) is 0.369. The van der Waals surface area contributed by atoms with Crippen LogP contribution in [-0.4, -0.2) is 53.8 Å². The number of carbonyl (C=O) groups is 2. The quantitative estimate of drug-likeness (QED) is 0.387. The minimum atomic E-state index is -0.989. The van der Waals surface area contributed by atoms with Gasteiger partial charge in [0.15, 0.2) is 0 Å². The highest BCUT2D eigenvalue weighted by Gasteiger charge is 2.59. The van der Waals surface area contributed by atoms with Crippen molar-refractivity contribution >= 4 is 11.9 Å². The predicted octanol–water partition coefficient (Wildman–Crippen LogP) is 6.21. The average Bonchev–Trinajstić information content (AvgIpc) is 3.55. The molecule has 0 spiro atoms. The summed E-state index contributed by atoms with van der Waals surface area (Å²) >= 11 is 0. The third-order valence-electron chi connectivity index (χ3n) is 9.10. The molecule has 2 unspecified atom stereocenters. The molecule has 4 rings (SSSR count). The summed E-state index contributed by atoms with van der Waals surface area (Å²) < 4.78 is 11.8. The molecule has 0 saturated carbocycles. The zero-order valence-corrected chi connectivity index (χ0v) is 26.8. The fourth-order valence-corrected chi connectivity index (χ4v) is 7.06. The number of carbonyl (C=O) groups excluding carboxylic acids is 1. The number of amides is 1. The van der Waals surface area contributed by atoms with E-state index in [4.69, 9.17) is 9.47 Å². The normalized spacial score (nSPS) is 26.6. The maximum atomic E-state index is 14.5. The Morgan fingerprint density at radius 2 is 1.74 bits per heavy atom. The van der Waals surface area contributed by atoms with Gasteiger partial charge in [0.2, 0.25) is 5.91 Å². The van der Waals surface area contributed by atoms with Crippen LogP contribution in [0.5, 0.6) is 5.75 Å². The van der Waals surface area contributed by atoms with Crippen LogP contribution in [0.1, 0.15) is 84.5 Å². The largest absolute Gasteiger partial charge is 0.496 e. The minimum absolute atomic E-state index is 0.0389. The Morgan fingerprint density at radius 1 is 1.07 bits per heavy atom. The van der Waals surface area contributed by atoms with Crippen LogP contribution in [0.3, 0.4) is 0 Å². The van der Waals surface area contributed by atoms with Crippen molar-refractivity contribution in [2.75, 3.05) is 13.7 Å². The first-order valence-corrected chi connectivity index (χ1v) is 15.3. The summed E-state index contributed by atoms with van der Waals surface area (Å²) in [6, 6.07) is 14.4. The van der Waals surface area contributed by atoms with Gasteiger partial charge in [-0.15, -0.1) is 0 Å². The van der Waals surface area contributed by atoms with Crippen LogP contribution >= 0.6 is 0 Å². The van der Waals surface area contributed by atoms with Crippen molar-refractivity contribution in [2.24, 2.45) is 23.2 Å². The van der Waals surface area contributed by atoms with Crippen molar-refractivity contribution in [3.8, 4) is 5.75 Å².